The highest BCUT2D eigenvalue weighted by atomic mass is 19.4. The van der Waals surface area contributed by atoms with Gasteiger partial charge in [0, 0.05) is 12.0 Å². The van der Waals surface area contributed by atoms with E-state index < -0.39 is 47.0 Å². The molecule has 0 spiro atoms. The standard InChI is InChI=1S/C16H15F6NO4/c1-8(24)3-4-12(14(26)27-2)23-13(25)9-5-10(15(17,18)19)7-11(6-9)16(20,21)22/h5-7,12H,3-4H2,1-2H3,(H,23,25)/t12-/m0/s1. The number of rotatable bonds is 6. The summed E-state index contributed by atoms with van der Waals surface area (Å²) in [6, 6.07) is -1.05. The van der Waals surface area contributed by atoms with Gasteiger partial charge in [-0.2, -0.15) is 26.3 Å². The molecule has 0 saturated carbocycles. The second-order valence-electron chi connectivity index (χ2n) is 5.58. The first-order chi connectivity index (χ1) is 12.3. The van der Waals surface area contributed by atoms with Gasteiger partial charge in [-0.05, 0) is 31.5 Å². The Morgan fingerprint density at radius 2 is 1.48 bits per heavy atom. The average molecular weight is 399 g/mol. The second kappa shape index (κ2) is 8.40. The van der Waals surface area contributed by atoms with Crippen LogP contribution < -0.4 is 5.32 Å². The Balaban J connectivity index is 3.23. The summed E-state index contributed by atoms with van der Waals surface area (Å²) in [6.07, 6.45) is -10.6. The number of ether oxygens (including phenoxy) is 1. The zero-order chi connectivity index (χ0) is 21.0. The maximum absolute atomic E-state index is 12.8. The van der Waals surface area contributed by atoms with E-state index in [-0.39, 0.29) is 36.8 Å². The molecule has 0 aliphatic rings. The zero-order valence-electron chi connectivity index (χ0n) is 14.1. The number of methoxy groups -OCH3 is 1. The number of carbonyl (C=O) groups is 3. The monoisotopic (exact) mass is 399 g/mol. The first kappa shape index (κ1) is 22.5. The zero-order valence-corrected chi connectivity index (χ0v) is 14.1. The molecular weight excluding hydrogens is 384 g/mol. The number of hydrogen-bond donors (Lipinski definition) is 1. The summed E-state index contributed by atoms with van der Waals surface area (Å²) in [5.74, 6) is -2.67. The number of alkyl halides is 6. The molecule has 11 heteroatoms. The summed E-state index contributed by atoms with van der Waals surface area (Å²) in [4.78, 5) is 34.8. The molecule has 0 fully saturated rings. The largest absolute Gasteiger partial charge is 0.467 e. The first-order valence-electron chi connectivity index (χ1n) is 7.43. The molecule has 27 heavy (non-hydrogen) atoms. The van der Waals surface area contributed by atoms with Gasteiger partial charge < -0.3 is 14.8 Å². The van der Waals surface area contributed by atoms with Crippen LogP contribution in [0.25, 0.3) is 0 Å². The van der Waals surface area contributed by atoms with Crippen molar-refractivity contribution in [1.82, 2.24) is 5.32 Å². The highest BCUT2D eigenvalue weighted by Crippen LogP contribution is 2.36. The van der Waals surface area contributed by atoms with E-state index in [1.807, 2.05) is 5.32 Å². The lowest BCUT2D eigenvalue weighted by atomic mass is 10.0. The molecular formula is C16H15F6NO4. The Hall–Kier alpha value is -2.59. The van der Waals surface area contributed by atoms with Crippen LogP contribution in [0.1, 0.15) is 41.3 Å². The van der Waals surface area contributed by atoms with Crippen molar-refractivity contribution in [3.05, 3.63) is 34.9 Å². The molecule has 150 valence electrons. The number of benzene rings is 1. The van der Waals surface area contributed by atoms with E-state index in [9.17, 15) is 40.7 Å². The number of esters is 1. The minimum absolute atomic E-state index is 0.121. The van der Waals surface area contributed by atoms with Gasteiger partial charge in [-0.25, -0.2) is 4.79 Å². The molecule has 0 aromatic heterocycles. The Kier molecular flexibility index (Phi) is 6.99. The number of Topliss-reactive ketones (excluding diaryl/α,β-unsaturated/α-hetero) is 1. The van der Waals surface area contributed by atoms with E-state index in [4.69, 9.17) is 0 Å². The molecule has 5 nitrogen and oxygen atoms in total. The van der Waals surface area contributed by atoms with Gasteiger partial charge in [0.1, 0.15) is 11.8 Å². The minimum Gasteiger partial charge on any atom is -0.467 e. The van der Waals surface area contributed by atoms with Crippen LogP contribution >= 0.6 is 0 Å². The summed E-state index contributed by atoms with van der Waals surface area (Å²) in [5.41, 5.74) is -4.27. The molecule has 0 unspecified atom stereocenters. The fourth-order valence-electron chi connectivity index (χ4n) is 2.07. The second-order valence-corrected chi connectivity index (χ2v) is 5.58. The topological polar surface area (TPSA) is 72.5 Å². The lowest BCUT2D eigenvalue weighted by Crippen LogP contribution is -2.42. The molecule has 0 bridgehead atoms. The van der Waals surface area contributed by atoms with Crippen LogP contribution in [0.2, 0.25) is 0 Å². The normalized spacial score (nSPS) is 13.0. The summed E-state index contributed by atoms with van der Waals surface area (Å²) in [7, 11) is 0.974. The maximum atomic E-state index is 12.8. The Bertz CT molecular complexity index is 694. The summed E-state index contributed by atoms with van der Waals surface area (Å²) < 4.78 is 81.5. The third kappa shape index (κ3) is 6.57. The van der Waals surface area contributed by atoms with Crippen LogP contribution in [0, 0.1) is 0 Å². The number of ketones is 1. The molecule has 0 saturated heterocycles. The van der Waals surface area contributed by atoms with E-state index in [0.717, 1.165) is 7.11 Å². The predicted molar refractivity (Wildman–Crippen MR) is 79.6 cm³/mol. The van der Waals surface area contributed by atoms with E-state index in [0.29, 0.717) is 0 Å². The molecule has 1 aromatic carbocycles. The van der Waals surface area contributed by atoms with Crippen molar-refractivity contribution in [2.75, 3.05) is 7.11 Å². The van der Waals surface area contributed by atoms with Gasteiger partial charge in [-0.1, -0.05) is 0 Å². The summed E-state index contributed by atoms with van der Waals surface area (Å²) >= 11 is 0. The predicted octanol–water partition coefficient (Wildman–Crippen LogP) is 3.36. The van der Waals surface area contributed by atoms with E-state index in [1.54, 1.807) is 0 Å². The quantitative estimate of drug-likeness (QED) is 0.588. The molecule has 1 aromatic rings. The molecule has 1 atom stereocenters. The third-order valence-electron chi connectivity index (χ3n) is 3.43. The third-order valence-corrected chi connectivity index (χ3v) is 3.43. The number of halogens is 6. The fraction of sp³-hybridized carbons (Fsp3) is 0.438. The Labute approximate surface area is 149 Å². The SMILES string of the molecule is COC(=O)[C@H](CCC(C)=O)NC(=O)c1cc(C(F)(F)F)cc(C(F)(F)F)c1. The van der Waals surface area contributed by atoms with Crippen LogP contribution in [0.4, 0.5) is 26.3 Å². The Morgan fingerprint density at radius 3 is 1.85 bits per heavy atom. The average Bonchev–Trinajstić information content (AvgIpc) is 2.55. The molecule has 0 heterocycles. The van der Waals surface area contributed by atoms with Gasteiger partial charge >= 0.3 is 18.3 Å². The van der Waals surface area contributed by atoms with Gasteiger partial charge in [0.05, 0.1) is 18.2 Å². The van der Waals surface area contributed by atoms with Crippen molar-refractivity contribution in [2.24, 2.45) is 0 Å². The smallest absolute Gasteiger partial charge is 0.416 e. The van der Waals surface area contributed by atoms with Crippen molar-refractivity contribution in [1.29, 1.82) is 0 Å². The number of carbonyl (C=O) groups excluding carboxylic acids is 3. The number of amides is 1. The van der Waals surface area contributed by atoms with E-state index in [1.165, 1.54) is 6.92 Å². The van der Waals surface area contributed by atoms with Crippen molar-refractivity contribution in [2.45, 2.75) is 38.2 Å². The molecule has 0 aliphatic carbocycles. The van der Waals surface area contributed by atoms with Crippen molar-refractivity contribution in [3.8, 4) is 0 Å². The number of nitrogens with one attached hydrogen (secondary N) is 1. The molecule has 0 radical (unpaired) electrons. The van der Waals surface area contributed by atoms with Gasteiger partial charge in [0.2, 0.25) is 0 Å². The first-order valence-corrected chi connectivity index (χ1v) is 7.43. The van der Waals surface area contributed by atoms with Crippen molar-refractivity contribution < 1.29 is 45.5 Å². The molecule has 1 amide bonds. The van der Waals surface area contributed by atoms with Crippen molar-refractivity contribution >= 4 is 17.7 Å². The van der Waals surface area contributed by atoms with Gasteiger partial charge in [0.25, 0.3) is 5.91 Å². The van der Waals surface area contributed by atoms with Gasteiger partial charge in [-0.3, -0.25) is 4.79 Å². The van der Waals surface area contributed by atoms with Crippen LogP contribution in [-0.4, -0.2) is 30.8 Å². The maximum Gasteiger partial charge on any atom is 0.416 e. The Morgan fingerprint density at radius 1 is 1.00 bits per heavy atom. The molecule has 1 N–H and O–H groups in total. The van der Waals surface area contributed by atoms with Gasteiger partial charge in [0.15, 0.2) is 0 Å². The van der Waals surface area contributed by atoms with E-state index in [2.05, 4.69) is 4.74 Å². The lowest BCUT2D eigenvalue weighted by Gasteiger charge is -2.18. The summed E-state index contributed by atoms with van der Waals surface area (Å²) in [5, 5.41) is 2.00. The highest BCUT2D eigenvalue weighted by Gasteiger charge is 2.37. The van der Waals surface area contributed by atoms with Crippen LogP contribution in [0.15, 0.2) is 18.2 Å². The fourth-order valence-corrected chi connectivity index (χ4v) is 2.07. The minimum atomic E-state index is -5.12. The molecule has 1 rings (SSSR count). The van der Waals surface area contributed by atoms with E-state index >= 15 is 0 Å². The lowest BCUT2D eigenvalue weighted by molar-refractivity contribution is -0.144. The highest BCUT2D eigenvalue weighted by molar-refractivity contribution is 5.97. The van der Waals surface area contributed by atoms with Crippen LogP contribution in [0.3, 0.4) is 0 Å². The van der Waals surface area contributed by atoms with Crippen LogP contribution in [-0.2, 0) is 26.7 Å². The summed E-state index contributed by atoms with van der Waals surface area (Å²) in [6.45, 7) is 1.21. The van der Waals surface area contributed by atoms with Gasteiger partial charge in [-0.15, -0.1) is 0 Å². The number of hydrogen-bond acceptors (Lipinski definition) is 4. The molecule has 0 aliphatic heterocycles. The van der Waals surface area contributed by atoms with Crippen molar-refractivity contribution in [3.63, 3.8) is 0 Å². The van der Waals surface area contributed by atoms with Crippen LogP contribution in [0.5, 0.6) is 0 Å².